The summed E-state index contributed by atoms with van der Waals surface area (Å²) < 4.78 is 2.45. The van der Waals surface area contributed by atoms with E-state index >= 15 is 0 Å². The van der Waals surface area contributed by atoms with Crippen LogP contribution in [0.15, 0.2) is 212 Å². The molecule has 0 unspecified atom stereocenters. The Morgan fingerprint density at radius 2 is 0.737 bits per heavy atom. The van der Waals surface area contributed by atoms with Crippen molar-refractivity contribution in [1.82, 2.24) is 4.57 Å². The molecule has 1 aromatic heterocycles. The lowest BCUT2D eigenvalue weighted by Crippen LogP contribution is -1.97. The van der Waals surface area contributed by atoms with Gasteiger partial charge in [-0.05, 0) is 124 Å². The number of para-hydroxylation sites is 2. The monoisotopic (exact) mass is 721 g/mol. The average Bonchev–Trinajstić information content (AvgIpc) is 3.62. The van der Waals surface area contributed by atoms with E-state index in [0.29, 0.717) is 0 Å². The van der Waals surface area contributed by atoms with Crippen LogP contribution in [0, 0.1) is 0 Å². The van der Waals surface area contributed by atoms with Gasteiger partial charge >= 0.3 is 0 Å². The summed E-state index contributed by atoms with van der Waals surface area (Å²) >= 11 is 0. The predicted molar refractivity (Wildman–Crippen MR) is 244 cm³/mol. The first kappa shape index (κ1) is 31.8. The molecule has 0 aliphatic carbocycles. The molecule has 0 saturated heterocycles. The zero-order chi connectivity index (χ0) is 37.5. The van der Waals surface area contributed by atoms with Crippen molar-refractivity contribution < 1.29 is 0 Å². The van der Waals surface area contributed by atoms with Gasteiger partial charge in [-0.2, -0.15) is 0 Å². The van der Waals surface area contributed by atoms with Gasteiger partial charge in [-0.25, -0.2) is 0 Å². The van der Waals surface area contributed by atoms with E-state index in [4.69, 9.17) is 0 Å². The third-order valence-electron chi connectivity index (χ3n) is 12.1. The number of hydrogen-bond acceptors (Lipinski definition) is 0. The van der Waals surface area contributed by atoms with E-state index in [-0.39, 0.29) is 0 Å². The van der Waals surface area contributed by atoms with Crippen LogP contribution in [-0.2, 0) is 0 Å². The molecule has 11 aromatic carbocycles. The molecule has 0 atom stereocenters. The Hall–Kier alpha value is -7.48. The molecule has 0 amide bonds. The number of fused-ring (bicyclic) bond motifs is 4. The summed E-state index contributed by atoms with van der Waals surface area (Å²) in [5, 5.41) is 12.8. The zero-order valence-electron chi connectivity index (χ0n) is 31.2. The van der Waals surface area contributed by atoms with Crippen LogP contribution in [0.3, 0.4) is 0 Å². The second kappa shape index (κ2) is 12.5. The van der Waals surface area contributed by atoms with Gasteiger partial charge in [-0.3, -0.25) is 0 Å². The third kappa shape index (κ3) is 4.96. The first-order valence-corrected chi connectivity index (χ1v) is 19.8. The molecular formula is C56H35N. The highest BCUT2D eigenvalue weighted by Gasteiger charge is 2.19. The highest BCUT2D eigenvalue weighted by Crippen LogP contribution is 2.45. The number of aromatic nitrogens is 1. The molecular weight excluding hydrogens is 687 g/mol. The second-order valence-corrected chi connectivity index (χ2v) is 15.3. The molecule has 0 aliphatic heterocycles. The van der Waals surface area contributed by atoms with Gasteiger partial charge in [0, 0.05) is 16.5 Å². The van der Waals surface area contributed by atoms with Crippen molar-refractivity contribution in [3.63, 3.8) is 0 Å². The molecule has 264 valence electrons. The SMILES string of the molecule is c1ccc(-c2ccccc2-c2cc(-c3ccc4ccc5c(-c6ccc7ccccc7c6)ccc6ccc3c4c65)cc(-n3c4ccccc4c4ccccc43)c2)cc1. The van der Waals surface area contributed by atoms with Crippen LogP contribution in [0.4, 0.5) is 0 Å². The van der Waals surface area contributed by atoms with E-state index in [1.165, 1.54) is 109 Å². The number of nitrogens with zero attached hydrogens (tertiary/aromatic N) is 1. The summed E-state index contributed by atoms with van der Waals surface area (Å²) in [6, 6.07) is 78.5. The second-order valence-electron chi connectivity index (χ2n) is 15.3. The molecule has 1 nitrogen and oxygen atoms in total. The number of hydrogen-bond donors (Lipinski definition) is 0. The third-order valence-corrected chi connectivity index (χ3v) is 12.1. The van der Waals surface area contributed by atoms with Gasteiger partial charge < -0.3 is 4.57 Å². The topological polar surface area (TPSA) is 4.93 Å². The minimum absolute atomic E-state index is 1.15. The minimum atomic E-state index is 1.15. The Morgan fingerprint density at radius 3 is 1.40 bits per heavy atom. The number of rotatable bonds is 5. The highest BCUT2D eigenvalue weighted by molar-refractivity contribution is 6.27. The molecule has 0 fully saturated rings. The molecule has 0 N–H and O–H groups in total. The Labute approximate surface area is 330 Å². The fraction of sp³-hybridized carbons (Fsp3) is 0. The summed E-state index contributed by atoms with van der Waals surface area (Å²) in [6.45, 7) is 0. The summed E-state index contributed by atoms with van der Waals surface area (Å²) in [6.07, 6.45) is 0. The van der Waals surface area contributed by atoms with Gasteiger partial charge in [0.1, 0.15) is 0 Å². The van der Waals surface area contributed by atoms with Crippen molar-refractivity contribution in [2.45, 2.75) is 0 Å². The number of benzene rings is 11. The van der Waals surface area contributed by atoms with Crippen LogP contribution in [0.2, 0.25) is 0 Å². The van der Waals surface area contributed by atoms with E-state index in [1.807, 2.05) is 0 Å². The first-order chi connectivity index (χ1) is 28.3. The average molecular weight is 722 g/mol. The Kier molecular flexibility index (Phi) is 7.00. The molecule has 1 heterocycles. The maximum atomic E-state index is 2.45. The van der Waals surface area contributed by atoms with Gasteiger partial charge in [0.15, 0.2) is 0 Å². The van der Waals surface area contributed by atoms with Crippen LogP contribution >= 0.6 is 0 Å². The quantitative estimate of drug-likeness (QED) is 0.156. The normalized spacial score (nSPS) is 11.9. The zero-order valence-corrected chi connectivity index (χ0v) is 31.2. The predicted octanol–water partition coefficient (Wildman–Crippen LogP) is 15.5. The summed E-state index contributed by atoms with van der Waals surface area (Å²) in [4.78, 5) is 0. The largest absolute Gasteiger partial charge is 0.309 e. The van der Waals surface area contributed by atoms with E-state index in [9.17, 15) is 0 Å². The van der Waals surface area contributed by atoms with Crippen molar-refractivity contribution in [1.29, 1.82) is 0 Å². The molecule has 57 heavy (non-hydrogen) atoms. The van der Waals surface area contributed by atoms with Gasteiger partial charge in [-0.1, -0.05) is 176 Å². The molecule has 0 spiro atoms. The highest BCUT2D eigenvalue weighted by atomic mass is 15.0. The van der Waals surface area contributed by atoms with E-state index < -0.39 is 0 Å². The Morgan fingerprint density at radius 1 is 0.246 bits per heavy atom. The maximum absolute atomic E-state index is 2.45. The van der Waals surface area contributed by atoms with Crippen LogP contribution in [-0.4, -0.2) is 4.57 Å². The minimum Gasteiger partial charge on any atom is -0.309 e. The lowest BCUT2D eigenvalue weighted by Gasteiger charge is -2.19. The smallest absolute Gasteiger partial charge is 0.0541 e. The molecule has 12 aromatic rings. The summed E-state index contributed by atoms with van der Waals surface area (Å²) in [5.74, 6) is 0. The lowest BCUT2D eigenvalue weighted by molar-refractivity contribution is 1.18. The maximum Gasteiger partial charge on any atom is 0.0541 e. The molecule has 0 aliphatic rings. The van der Waals surface area contributed by atoms with Crippen molar-refractivity contribution in [2.24, 2.45) is 0 Å². The van der Waals surface area contributed by atoms with Gasteiger partial charge in [0.2, 0.25) is 0 Å². The van der Waals surface area contributed by atoms with Crippen LogP contribution < -0.4 is 0 Å². The summed E-state index contributed by atoms with van der Waals surface area (Å²) in [7, 11) is 0. The fourth-order valence-electron chi connectivity index (χ4n) is 9.52. The molecule has 0 saturated carbocycles. The Balaban J connectivity index is 1.14. The molecule has 12 rings (SSSR count). The van der Waals surface area contributed by atoms with Crippen LogP contribution in [0.1, 0.15) is 0 Å². The molecule has 0 bridgehead atoms. The van der Waals surface area contributed by atoms with Crippen molar-refractivity contribution in [3.8, 4) is 50.2 Å². The van der Waals surface area contributed by atoms with Gasteiger partial charge in [0.25, 0.3) is 0 Å². The molecule has 0 radical (unpaired) electrons. The summed E-state index contributed by atoms with van der Waals surface area (Å²) in [5.41, 5.74) is 13.3. The van der Waals surface area contributed by atoms with Gasteiger partial charge in [-0.15, -0.1) is 0 Å². The van der Waals surface area contributed by atoms with Crippen LogP contribution in [0.25, 0.3) is 115 Å². The van der Waals surface area contributed by atoms with Crippen LogP contribution in [0.5, 0.6) is 0 Å². The van der Waals surface area contributed by atoms with Crippen molar-refractivity contribution in [3.05, 3.63) is 212 Å². The van der Waals surface area contributed by atoms with Crippen molar-refractivity contribution >= 4 is 64.9 Å². The van der Waals surface area contributed by atoms with E-state index in [0.717, 1.165) is 5.69 Å². The fourth-order valence-corrected chi connectivity index (χ4v) is 9.52. The standard InChI is InChI=1S/C56H35N/c1-2-13-37(14-3-1)45-16-6-7-17-46(45)42-33-43(35-44(34-42)57-53-20-10-8-18-49(53)50-19-9-11-21-54(50)57)48-29-25-39-26-30-51-47(28-24-38-27-31-52(48)56(39)55(38)51)41-23-22-36-12-4-5-15-40(36)32-41/h1-35H. The van der Waals surface area contributed by atoms with E-state index in [1.54, 1.807) is 0 Å². The first-order valence-electron chi connectivity index (χ1n) is 19.8. The van der Waals surface area contributed by atoms with E-state index in [2.05, 4.69) is 217 Å². The lowest BCUT2D eigenvalue weighted by atomic mass is 9.86. The molecule has 1 heteroatoms. The van der Waals surface area contributed by atoms with Gasteiger partial charge in [0.05, 0.1) is 11.0 Å². The van der Waals surface area contributed by atoms with Crippen molar-refractivity contribution in [2.75, 3.05) is 0 Å². The Bertz CT molecular complexity index is 3460.